The van der Waals surface area contributed by atoms with Crippen LogP contribution < -0.4 is 5.73 Å². The zero-order chi connectivity index (χ0) is 17.1. The molecule has 0 saturated carbocycles. The molecule has 4 rings (SSSR count). The quantitative estimate of drug-likeness (QED) is 0.723. The van der Waals surface area contributed by atoms with Crippen molar-refractivity contribution in [3.05, 3.63) is 48.5 Å². The number of nitrogens with two attached hydrogens (primary N) is 1. The van der Waals surface area contributed by atoms with Crippen LogP contribution in [0, 0.1) is 0 Å². The molecule has 25 heavy (non-hydrogen) atoms. The number of nitrogens with zero attached hydrogens (tertiary/aromatic N) is 5. The number of nitrogen functional groups attached to an aromatic ring is 1. The predicted octanol–water partition coefficient (Wildman–Crippen LogP) is 4.36. The van der Waals surface area contributed by atoms with E-state index in [-0.39, 0.29) is 0 Å². The van der Waals surface area contributed by atoms with Crippen molar-refractivity contribution in [2.24, 2.45) is 10.3 Å². The van der Waals surface area contributed by atoms with Crippen LogP contribution in [0.5, 0.6) is 0 Å². The Kier molecular flexibility index (Phi) is 4.24. The highest BCUT2D eigenvalue weighted by atomic mass is 15.5. The van der Waals surface area contributed by atoms with Crippen molar-refractivity contribution in [1.29, 1.82) is 0 Å². The number of anilines is 1. The fourth-order valence-corrected chi connectivity index (χ4v) is 3.05. The summed E-state index contributed by atoms with van der Waals surface area (Å²) in [5, 5.41) is 11.7. The Morgan fingerprint density at radius 3 is 2.52 bits per heavy atom. The topological polar surface area (TPSA) is 79.8 Å². The molecule has 0 radical (unpaired) electrons. The Morgan fingerprint density at radius 2 is 1.64 bits per heavy atom. The molecule has 6 nitrogen and oxygen atoms in total. The second kappa shape index (κ2) is 6.84. The summed E-state index contributed by atoms with van der Waals surface area (Å²) in [6, 6.07) is 15.5. The second-order valence-corrected chi connectivity index (χ2v) is 6.17. The van der Waals surface area contributed by atoms with E-state index in [1.54, 1.807) is 0 Å². The van der Waals surface area contributed by atoms with Crippen molar-refractivity contribution in [3.63, 3.8) is 0 Å². The Bertz CT molecular complexity index is 915. The summed E-state index contributed by atoms with van der Waals surface area (Å²) in [7, 11) is 0. The van der Waals surface area contributed by atoms with Crippen molar-refractivity contribution < 1.29 is 0 Å². The molecule has 0 aliphatic carbocycles. The van der Waals surface area contributed by atoms with Gasteiger partial charge >= 0.3 is 0 Å². The number of fused-ring (bicyclic) bond motifs is 1. The normalized spacial score (nSPS) is 15.1. The molecular formula is C19H20N6. The van der Waals surface area contributed by atoms with E-state index in [0.29, 0.717) is 11.6 Å². The van der Waals surface area contributed by atoms with E-state index in [9.17, 15) is 0 Å². The van der Waals surface area contributed by atoms with Gasteiger partial charge < -0.3 is 5.73 Å². The molecule has 2 aromatic carbocycles. The van der Waals surface area contributed by atoms with Gasteiger partial charge in [-0.25, -0.2) is 9.97 Å². The molecule has 0 amide bonds. The van der Waals surface area contributed by atoms with Gasteiger partial charge in [-0.3, -0.25) is 5.01 Å². The Labute approximate surface area is 146 Å². The number of hydrogen-bond donors (Lipinski definition) is 1. The van der Waals surface area contributed by atoms with Gasteiger partial charge in [-0.1, -0.05) is 29.5 Å². The fourth-order valence-electron chi connectivity index (χ4n) is 3.05. The molecule has 1 aliphatic rings. The first-order valence-corrected chi connectivity index (χ1v) is 8.59. The van der Waals surface area contributed by atoms with Gasteiger partial charge in [0.1, 0.15) is 5.82 Å². The van der Waals surface area contributed by atoms with Crippen LogP contribution >= 0.6 is 0 Å². The molecule has 0 unspecified atom stereocenters. The van der Waals surface area contributed by atoms with Crippen molar-refractivity contribution in [1.82, 2.24) is 15.0 Å². The monoisotopic (exact) mass is 332 g/mol. The van der Waals surface area contributed by atoms with Crippen LogP contribution in [0.2, 0.25) is 0 Å². The van der Waals surface area contributed by atoms with Crippen LogP contribution in [0.4, 0.5) is 11.5 Å². The maximum absolute atomic E-state index is 6.12. The maximum Gasteiger partial charge on any atom is 0.164 e. The number of rotatable bonds is 3. The average molecular weight is 332 g/mol. The summed E-state index contributed by atoms with van der Waals surface area (Å²) < 4.78 is 0. The van der Waals surface area contributed by atoms with Crippen molar-refractivity contribution in [2.45, 2.75) is 19.3 Å². The van der Waals surface area contributed by atoms with E-state index >= 15 is 0 Å². The van der Waals surface area contributed by atoms with Crippen molar-refractivity contribution in [3.8, 4) is 11.4 Å². The molecule has 0 bridgehead atoms. The summed E-state index contributed by atoms with van der Waals surface area (Å²) in [4.78, 5) is 9.13. The van der Waals surface area contributed by atoms with Crippen LogP contribution in [-0.4, -0.2) is 28.1 Å². The zero-order valence-corrected chi connectivity index (χ0v) is 14.0. The van der Waals surface area contributed by atoms with Crippen molar-refractivity contribution in [2.75, 3.05) is 18.8 Å². The van der Waals surface area contributed by atoms with Crippen LogP contribution in [0.1, 0.15) is 19.3 Å². The summed E-state index contributed by atoms with van der Waals surface area (Å²) in [5.74, 6) is 1.05. The molecule has 2 N–H and O–H groups in total. The Balaban J connectivity index is 1.72. The fraction of sp³-hybridized carbons (Fsp3) is 0.263. The van der Waals surface area contributed by atoms with Gasteiger partial charge in [-0.2, -0.15) is 0 Å². The summed E-state index contributed by atoms with van der Waals surface area (Å²) >= 11 is 0. The largest absolute Gasteiger partial charge is 0.383 e. The Morgan fingerprint density at radius 1 is 0.880 bits per heavy atom. The van der Waals surface area contributed by atoms with E-state index in [1.165, 1.54) is 19.3 Å². The van der Waals surface area contributed by atoms with E-state index in [4.69, 9.17) is 5.73 Å². The van der Waals surface area contributed by atoms with Crippen LogP contribution in [-0.2, 0) is 0 Å². The number of piperidine rings is 1. The average Bonchev–Trinajstić information content (AvgIpc) is 2.67. The summed E-state index contributed by atoms with van der Waals surface area (Å²) in [6.07, 6.45) is 3.61. The number of para-hydroxylation sites is 1. The highest BCUT2D eigenvalue weighted by Crippen LogP contribution is 2.30. The standard InChI is InChI=1S/C19H20N6/c20-18-14-8-2-4-10-16(14)21-19(22-18)15-9-3-5-11-17(15)23-24-25-12-6-1-7-13-25/h2-5,8-11H,1,6-7,12-13H2,(H2,20,21,22). The minimum Gasteiger partial charge on any atom is -0.383 e. The zero-order valence-electron chi connectivity index (χ0n) is 14.0. The molecule has 126 valence electrons. The molecule has 2 heterocycles. The number of benzene rings is 2. The van der Waals surface area contributed by atoms with E-state index in [2.05, 4.69) is 20.3 Å². The van der Waals surface area contributed by atoms with Crippen LogP contribution in [0.15, 0.2) is 58.9 Å². The highest BCUT2D eigenvalue weighted by Gasteiger charge is 2.12. The third-order valence-corrected chi connectivity index (χ3v) is 4.39. The van der Waals surface area contributed by atoms with Gasteiger partial charge in [-0.15, -0.1) is 5.11 Å². The van der Waals surface area contributed by atoms with Gasteiger partial charge in [0.2, 0.25) is 0 Å². The predicted molar refractivity (Wildman–Crippen MR) is 99.3 cm³/mol. The molecule has 0 atom stereocenters. The first-order valence-electron chi connectivity index (χ1n) is 8.59. The number of aromatic nitrogens is 2. The third-order valence-electron chi connectivity index (χ3n) is 4.39. The van der Waals surface area contributed by atoms with Crippen LogP contribution in [0.3, 0.4) is 0 Å². The summed E-state index contributed by atoms with van der Waals surface area (Å²) in [6.45, 7) is 1.93. The molecule has 1 fully saturated rings. The smallest absolute Gasteiger partial charge is 0.164 e. The van der Waals surface area contributed by atoms with Gasteiger partial charge in [0, 0.05) is 24.0 Å². The van der Waals surface area contributed by atoms with Gasteiger partial charge in [-0.05, 0) is 43.5 Å². The molecule has 3 aromatic rings. The second-order valence-electron chi connectivity index (χ2n) is 6.17. The molecule has 1 aliphatic heterocycles. The van der Waals surface area contributed by atoms with Gasteiger partial charge in [0.15, 0.2) is 5.82 Å². The van der Waals surface area contributed by atoms with E-state index in [0.717, 1.165) is 35.2 Å². The third kappa shape index (κ3) is 3.28. The highest BCUT2D eigenvalue weighted by molar-refractivity contribution is 5.90. The van der Waals surface area contributed by atoms with Crippen LogP contribution in [0.25, 0.3) is 22.3 Å². The molecule has 0 spiro atoms. The number of hydrogen-bond acceptors (Lipinski definition) is 5. The van der Waals surface area contributed by atoms with Gasteiger partial charge in [0.25, 0.3) is 0 Å². The summed E-state index contributed by atoms with van der Waals surface area (Å²) in [5.41, 5.74) is 8.54. The first kappa shape index (κ1) is 15.5. The van der Waals surface area contributed by atoms with E-state index in [1.807, 2.05) is 53.5 Å². The van der Waals surface area contributed by atoms with E-state index < -0.39 is 0 Å². The van der Waals surface area contributed by atoms with Gasteiger partial charge in [0.05, 0.1) is 11.2 Å². The lowest BCUT2D eigenvalue weighted by molar-refractivity contribution is 0.224. The minimum atomic E-state index is 0.475. The van der Waals surface area contributed by atoms with Crippen molar-refractivity contribution >= 4 is 22.4 Å². The molecule has 6 heteroatoms. The maximum atomic E-state index is 6.12. The molecule has 1 saturated heterocycles. The lowest BCUT2D eigenvalue weighted by atomic mass is 10.1. The Hall–Kier alpha value is -3.02. The molecule has 1 aromatic heterocycles. The molecular weight excluding hydrogens is 312 g/mol. The SMILES string of the molecule is Nc1nc(-c2ccccc2N=NN2CCCCC2)nc2ccccc12. The lowest BCUT2D eigenvalue weighted by Crippen LogP contribution is -2.23. The minimum absolute atomic E-state index is 0.475. The first-order chi connectivity index (χ1) is 12.3. The lowest BCUT2D eigenvalue weighted by Gasteiger charge is -2.21.